The van der Waals surface area contributed by atoms with E-state index in [9.17, 15) is 4.79 Å². The van der Waals surface area contributed by atoms with Crippen molar-refractivity contribution >= 4 is 23.6 Å². The summed E-state index contributed by atoms with van der Waals surface area (Å²) in [6, 6.07) is 0.975. The predicted octanol–water partition coefficient (Wildman–Crippen LogP) is 3.10. The average molecular weight is 364 g/mol. The summed E-state index contributed by atoms with van der Waals surface area (Å²) in [6.07, 6.45) is 11.0. The largest absolute Gasteiger partial charge is 0.342 e. The van der Waals surface area contributed by atoms with E-state index in [0.29, 0.717) is 17.8 Å². The predicted molar refractivity (Wildman–Crippen MR) is 100 cm³/mol. The van der Waals surface area contributed by atoms with Crippen molar-refractivity contribution in [3.8, 4) is 0 Å². The van der Waals surface area contributed by atoms with Crippen molar-refractivity contribution in [2.45, 2.75) is 75.0 Å². The fourth-order valence-electron chi connectivity index (χ4n) is 4.05. The van der Waals surface area contributed by atoms with E-state index >= 15 is 0 Å². The highest BCUT2D eigenvalue weighted by molar-refractivity contribution is 7.99. The number of carbonyl (C=O) groups excluding carboxylic acids is 1. The summed E-state index contributed by atoms with van der Waals surface area (Å²) in [5, 5.41) is 9.82. The standard InChI is InChI=1S/C18H29N5OS/c1-21(14-7-3-2-4-8-14)16(24)13-25-18-20-19-17(22-11-5-6-12-22)23(18)15-9-10-15/h14-15H,2-13H2,1H3. The summed E-state index contributed by atoms with van der Waals surface area (Å²) in [6.45, 7) is 2.16. The quantitative estimate of drug-likeness (QED) is 0.727. The van der Waals surface area contributed by atoms with Crippen LogP contribution in [-0.2, 0) is 4.79 Å². The first-order valence-corrected chi connectivity index (χ1v) is 10.8. The fourth-order valence-corrected chi connectivity index (χ4v) is 4.98. The first kappa shape index (κ1) is 17.2. The Bertz CT molecular complexity index is 603. The Morgan fingerprint density at radius 2 is 1.80 bits per heavy atom. The van der Waals surface area contributed by atoms with Crippen molar-refractivity contribution in [2.24, 2.45) is 0 Å². The summed E-state index contributed by atoms with van der Waals surface area (Å²) in [5.41, 5.74) is 0. The molecule has 3 fully saturated rings. The molecule has 1 aromatic heterocycles. The molecule has 1 saturated heterocycles. The SMILES string of the molecule is CN(C(=O)CSc1nnc(N2CCCC2)n1C1CC1)C1CCCCC1. The van der Waals surface area contributed by atoms with E-state index in [0.717, 1.165) is 37.0 Å². The number of rotatable bonds is 6. The summed E-state index contributed by atoms with van der Waals surface area (Å²) in [5.74, 6) is 1.72. The van der Waals surface area contributed by atoms with Gasteiger partial charge < -0.3 is 9.80 Å². The second-order valence-corrected chi connectivity index (χ2v) is 8.61. The third kappa shape index (κ3) is 3.81. The maximum atomic E-state index is 12.6. The smallest absolute Gasteiger partial charge is 0.233 e. The van der Waals surface area contributed by atoms with Crippen LogP contribution in [0.4, 0.5) is 5.95 Å². The van der Waals surface area contributed by atoms with Crippen molar-refractivity contribution in [1.82, 2.24) is 19.7 Å². The zero-order valence-electron chi connectivity index (χ0n) is 15.2. The van der Waals surface area contributed by atoms with Gasteiger partial charge in [-0.3, -0.25) is 9.36 Å². The Labute approximate surface area is 154 Å². The highest BCUT2D eigenvalue weighted by Crippen LogP contribution is 2.41. The Balaban J connectivity index is 1.39. The maximum Gasteiger partial charge on any atom is 0.233 e. The van der Waals surface area contributed by atoms with E-state index in [1.807, 2.05) is 11.9 Å². The van der Waals surface area contributed by atoms with Crippen LogP contribution in [0, 0.1) is 0 Å². The van der Waals surface area contributed by atoms with E-state index in [-0.39, 0.29) is 5.91 Å². The van der Waals surface area contributed by atoms with Gasteiger partial charge in [0.1, 0.15) is 0 Å². The number of carbonyl (C=O) groups is 1. The summed E-state index contributed by atoms with van der Waals surface area (Å²) < 4.78 is 2.30. The normalized spacial score (nSPS) is 21.7. The molecular formula is C18H29N5OS. The van der Waals surface area contributed by atoms with Gasteiger partial charge >= 0.3 is 0 Å². The van der Waals surface area contributed by atoms with Gasteiger partial charge in [0.25, 0.3) is 0 Å². The molecule has 0 radical (unpaired) electrons. The highest BCUT2D eigenvalue weighted by Gasteiger charge is 2.33. The van der Waals surface area contributed by atoms with Gasteiger partial charge in [0.05, 0.1) is 5.75 Å². The summed E-state index contributed by atoms with van der Waals surface area (Å²) in [7, 11) is 1.97. The van der Waals surface area contributed by atoms with Crippen molar-refractivity contribution in [3.05, 3.63) is 0 Å². The molecule has 2 heterocycles. The summed E-state index contributed by atoms with van der Waals surface area (Å²) in [4.78, 5) is 16.9. The van der Waals surface area contributed by atoms with Crippen LogP contribution in [0.1, 0.15) is 63.8 Å². The van der Waals surface area contributed by atoms with Gasteiger partial charge in [0, 0.05) is 32.2 Å². The van der Waals surface area contributed by atoms with Crippen LogP contribution in [0.25, 0.3) is 0 Å². The number of nitrogens with zero attached hydrogens (tertiary/aromatic N) is 5. The minimum atomic E-state index is 0.227. The molecule has 0 aromatic carbocycles. The van der Waals surface area contributed by atoms with Crippen LogP contribution in [0.3, 0.4) is 0 Å². The molecule has 25 heavy (non-hydrogen) atoms. The number of hydrogen-bond acceptors (Lipinski definition) is 5. The molecule has 1 aromatic rings. The topological polar surface area (TPSA) is 54.3 Å². The van der Waals surface area contributed by atoms with E-state index in [1.54, 1.807) is 11.8 Å². The lowest BCUT2D eigenvalue weighted by atomic mass is 9.94. The van der Waals surface area contributed by atoms with Gasteiger partial charge in [0.2, 0.25) is 11.9 Å². The Morgan fingerprint density at radius 1 is 1.08 bits per heavy atom. The van der Waals surface area contributed by atoms with Crippen molar-refractivity contribution in [2.75, 3.05) is 30.8 Å². The molecule has 2 saturated carbocycles. The lowest BCUT2D eigenvalue weighted by Gasteiger charge is -2.31. The molecule has 4 rings (SSSR count). The number of hydrogen-bond donors (Lipinski definition) is 0. The highest BCUT2D eigenvalue weighted by atomic mass is 32.2. The number of amides is 1. The van der Waals surface area contributed by atoms with Gasteiger partial charge in [-0.05, 0) is 38.5 Å². The Hall–Kier alpha value is -1.24. The van der Waals surface area contributed by atoms with Crippen LogP contribution in [0.5, 0.6) is 0 Å². The minimum absolute atomic E-state index is 0.227. The molecule has 0 bridgehead atoms. The third-order valence-corrected chi connectivity index (χ3v) is 6.72. The molecule has 0 spiro atoms. The molecule has 138 valence electrons. The Kier molecular flexibility index (Phi) is 5.20. The monoisotopic (exact) mass is 363 g/mol. The fraction of sp³-hybridized carbons (Fsp3) is 0.833. The first-order valence-electron chi connectivity index (χ1n) is 9.82. The molecule has 0 atom stereocenters. The van der Waals surface area contributed by atoms with Crippen LogP contribution < -0.4 is 4.90 Å². The van der Waals surface area contributed by atoms with Crippen molar-refractivity contribution < 1.29 is 4.79 Å². The maximum absolute atomic E-state index is 12.6. The molecule has 6 nitrogen and oxygen atoms in total. The number of thioether (sulfide) groups is 1. The van der Waals surface area contributed by atoms with E-state index in [4.69, 9.17) is 0 Å². The van der Waals surface area contributed by atoms with Crippen molar-refractivity contribution in [3.63, 3.8) is 0 Å². The number of aromatic nitrogens is 3. The van der Waals surface area contributed by atoms with Gasteiger partial charge in [-0.1, -0.05) is 31.0 Å². The van der Waals surface area contributed by atoms with E-state index in [1.165, 1.54) is 44.9 Å². The number of anilines is 1. The van der Waals surface area contributed by atoms with Crippen LogP contribution in [0.2, 0.25) is 0 Å². The van der Waals surface area contributed by atoms with Gasteiger partial charge in [0.15, 0.2) is 5.16 Å². The summed E-state index contributed by atoms with van der Waals surface area (Å²) >= 11 is 1.57. The van der Waals surface area contributed by atoms with Crippen molar-refractivity contribution in [1.29, 1.82) is 0 Å². The average Bonchev–Trinajstić information content (AvgIpc) is 3.18. The molecule has 0 N–H and O–H groups in total. The molecule has 2 aliphatic carbocycles. The van der Waals surface area contributed by atoms with Crippen LogP contribution >= 0.6 is 11.8 Å². The molecule has 1 amide bonds. The van der Waals surface area contributed by atoms with Gasteiger partial charge in [-0.2, -0.15) is 0 Å². The zero-order valence-corrected chi connectivity index (χ0v) is 16.0. The van der Waals surface area contributed by atoms with E-state index < -0.39 is 0 Å². The molecule has 0 unspecified atom stereocenters. The third-order valence-electron chi connectivity index (χ3n) is 5.79. The lowest BCUT2D eigenvalue weighted by Crippen LogP contribution is -2.39. The Morgan fingerprint density at radius 3 is 2.48 bits per heavy atom. The van der Waals surface area contributed by atoms with Crippen LogP contribution in [0.15, 0.2) is 5.16 Å². The van der Waals surface area contributed by atoms with Crippen LogP contribution in [-0.4, -0.2) is 57.5 Å². The molecule has 3 aliphatic rings. The first-order chi connectivity index (χ1) is 12.2. The zero-order chi connectivity index (χ0) is 17.2. The molecular weight excluding hydrogens is 334 g/mol. The second-order valence-electron chi connectivity index (χ2n) is 7.66. The van der Waals surface area contributed by atoms with Gasteiger partial charge in [-0.25, -0.2) is 0 Å². The molecule has 7 heteroatoms. The minimum Gasteiger partial charge on any atom is -0.342 e. The molecule has 1 aliphatic heterocycles. The second kappa shape index (κ2) is 7.56. The van der Waals surface area contributed by atoms with E-state index in [2.05, 4.69) is 19.7 Å². The van der Waals surface area contributed by atoms with Gasteiger partial charge in [-0.15, -0.1) is 10.2 Å². The lowest BCUT2D eigenvalue weighted by molar-refractivity contribution is -0.129.